The first kappa shape index (κ1) is 19.2. The third-order valence-corrected chi connectivity index (χ3v) is 7.46. The molecule has 1 aromatic heterocycles. The fourth-order valence-electron chi connectivity index (χ4n) is 4.58. The van der Waals surface area contributed by atoms with E-state index in [0.717, 1.165) is 22.6 Å². The Morgan fingerprint density at radius 3 is 2.28 bits per heavy atom. The normalized spacial score (nSPS) is 24.4. The van der Waals surface area contributed by atoms with Crippen molar-refractivity contribution < 1.29 is 4.79 Å². The lowest BCUT2D eigenvalue weighted by Gasteiger charge is -2.36. The van der Waals surface area contributed by atoms with Crippen molar-refractivity contribution >= 4 is 17.7 Å². The minimum absolute atomic E-state index is 0.285. The molecule has 5 nitrogen and oxygen atoms in total. The number of hydrogen-bond donors (Lipinski definition) is 0. The maximum absolute atomic E-state index is 13.2. The van der Waals surface area contributed by atoms with E-state index in [-0.39, 0.29) is 5.91 Å². The maximum atomic E-state index is 13.2. The van der Waals surface area contributed by atoms with Crippen molar-refractivity contribution in [2.24, 2.45) is 5.92 Å². The van der Waals surface area contributed by atoms with Gasteiger partial charge in [0.15, 0.2) is 5.16 Å². The molecule has 3 aliphatic carbocycles. The average Bonchev–Trinajstić information content (AvgIpc) is 3.68. The summed E-state index contributed by atoms with van der Waals surface area (Å²) in [6.45, 7) is 2.34. The van der Waals surface area contributed by atoms with E-state index in [4.69, 9.17) is 0 Å². The Morgan fingerprint density at radius 1 is 1.00 bits per heavy atom. The van der Waals surface area contributed by atoms with E-state index in [1.54, 1.807) is 11.8 Å². The molecule has 3 saturated carbocycles. The standard InChI is InChI=1S/C23H30N4OS/c1-16-7-11-19(12-8-16)26(20-13-14-20)21(28)15-29-23-25-24-22(17-9-10-17)27(23)18-5-3-2-4-6-18/h2-6,16-17,19-20H,7-15H2,1H3. The number of benzene rings is 1. The van der Waals surface area contributed by atoms with Gasteiger partial charge in [-0.25, -0.2) is 0 Å². The van der Waals surface area contributed by atoms with E-state index in [0.29, 0.717) is 23.8 Å². The lowest BCUT2D eigenvalue weighted by Crippen LogP contribution is -2.44. The van der Waals surface area contributed by atoms with Crippen LogP contribution in [-0.4, -0.2) is 43.4 Å². The molecule has 154 valence electrons. The Labute approximate surface area is 177 Å². The number of para-hydroxylation sites is 1. The van der Waals surface area contributed by atoms with Crippen LogP contribution in [0.5, 0.6) is 0 Å². The van der Waals surface area contributed by atoms with Gasteiger partial charge in [-0.15, -0.1) is 10.2 Å². The minimum atomic E-state index is 0.285. The van der Waals surface area contributed by atoms with Crippen molar-refractivity contribution in [1.29, 1.82) is 0 Å². The molecular formula is C23H30N4OS. The van der Waals surface area contributed by atoms with Gasteiger partial charge < -0.3 is 4.90 Å². The lowest BCUT2D eigenvalue weighted by atomic mass is 9.86. The first-order valence-electron chi connectivity index (χ1n) is 11.2. The zero-order valence-electron chi connectivity index (χ0n) is 17.2. The smallest absolute Gasteiger partial charge is 0.233 e. The highest BCUT2D eigenvalue weighted by molar-refractivity contribution is 7.99. The molecule has 1 heterocycles. The molecule has 0 aliphatic heterocycles. The molecule has 3 aliphatic rings. The quantitative estimate of drug-likeness (QED) is 0.615. The van der Waals surface area contributed by atoms with E-state index < -0.39 is 0 Å². The zero-order chi connectivity index (χ0) is 19.8. The van der Waals surface area contributed by atoms with Gasteiger partial charge in [0.25, 0.3) is 0 Å². The molecular weight excluding hydrogens is 380 g/mol. The second kappa shape index (κ2) is 8.13. The van der Waals surface area contributed by atoms with Gasteiger partial charge in [0.05, 0.1) is 5.75 Å². The monoisotopic (exact) mass is 410 g/mol. The van der Waals surface area contributed by atoms with Crippen LogP contribution < -0.4 is 0 Å². The van der Waals surface area contributed by atoms with Crippen LogP contribution in [0.15, 0.2) is 35.5 Å². The largest absolute Gasteiger partial charge is 0.336 e. The molecule has 0 radical (unpaired) electrons. The highest BCUT2D eigenvalue weighted by Gasteiger charge is 2.38. The number of thioether (sulfide) groups is 1. The topological polar surface area (TPSA) is 51.0 Å². The molecule has 1 aromatic carbocycles. The third-order valence-electron chi connectivity index (χ3n) is 6.55. The Morgan fingerprint density at radius 2 is 1.66 bits per heavy atom. The Kier molecular flexibility index (Phi) is 5.37. The molecule has 6 heteroatoms. The molecule has 5 rings (SSSR count). The molecule has 0 atom stereocenters. The van der Waals surface area contributed by atoms with E-state index in [2.05, 4.69) is 38.7 Å². The second-order valence-electron chi connectivity index (χ2n) is 9.02. The van der Waals surface area contributed by atoms with E-state index >= 15 is 0 Å². The van der Waals surface area contributed by atoms with Gasteiger partial charge >= 0.3 is 0 Å². The SMILES string of the molecule is CC1CCC(N(C(=O)CSc2nnc(C3CC3)n2-c2ccccc2)C2CC2)CC1. The van der Waals surface area contributed by atoms with Gasteiger partial charge in [-0.1, -0.05) is 36.9 Å². The van der Waals surface area contributed by atoms with E-state index in [1.807, 2.05) is 18.2 Å². The summed E-state index contributed by atoms with van der Waals surface area (Å²) in [5.74, 6) is 3.11. The average molecular weight is 411 g/mol. The first-order valence-corrected chi connectivity index (χ1v) is 12.1. The summed E-state index contributed by atoms with van der Waals surface area (Å²) in [4.78, 5) is 15.5. The Balaban J connectivity index is 1.31. The van der Waals surface area contributed by atoms with Crippen molar-refractivity contribution in [3.8, 4) is 5.69 Å². The van der Waals surface area contributed by atoms with E-state index in [1.165, 1.54) is 51.4 Å². The molecule has 1 amide bonds. The first-order chi connectivity index (χ1) is 14.2. The highest BCUT2D eigenvalue weighted by Crippen LogP contribution is 2.41. The van der Waals surface area contributed by atoms with Crippen LogP contribution in [0, 0.1) is 5.92 Å². The van der Waals surface area contributed by atoms with Gasteiger partial charge in [0.1, 0.15) is 5.82 Å². The minimum Gasteiger partial charge on any atom is -0.336 e. The number of aromatic nitrogens is 3. The van der Waals surface area contributed by atoms with Crippen LogP contribution in [0.1, 0.15) is 70.0 Å². The molecule has 0 unspecified atom stereocenters. The van der Waals surface area contributed by atoms with Gasteiger partial charge in [-0.05, 0) is 69.4 Å². The van der Waals surface area contributed by atoms with Crippen LogP contribution in [0.2, 0.25) is 0 Å². The van der Waals surface area contributed by atoms with E-state index in [9.17, 15) is 4.79 Å². The summed E-state index contributed by atoms with van der Waals surface area (Å²) < 4.78 is 2.17. The molecule has 2 aromatic rings. The van der Waals surface area contributed by atoms with Crippen LogP contribution in [-0.2, 0) is 4.79 Å². The summed E-state index contributed by atoms with van der Waals surface area (Å²) in [5, 5.41) is 9.81. The number of amides is 1. The van der Waals surface area contributed by atoms with Gasteiger partial charge in [-0.2, -0.15) is 0 Å². The van der Waals surface area contributed by atoms with Crippen molar-refractivity contribution in [2.75, 3.05) is 5.75 Å². The molecule has 29 heavy (non-hydrogen) atoms. The number of hydrogen-bond acceptors (Lipinski definition) is 4. The van der Waals surface area contributed by atoms with Gasteiger partial charge in [0.2, 0.25) is 5.91 Å². The number of nitrogens with zero attached hydrogens (tertiary/aromatic N) is 4. The van der Waals surface area contributed by atoms with Crippen LogP contribution in [0.25, 0.3) is 5.69 Å². The summed E-state index contributed by atoms with van der Waals surface area (Å²) >= 11 is 1.55. The Hall–Kier alpha value is -1.82. The van der Waals surface area contributed by atoms with Crippen molar-refractivity contribution in [3.05, 3.63) is 36.2 Å². The molecule has 0 N–H and O–H groups in total. The van der Waals surface area contributed by atoms with Crippen LogP contribution >= 0.6 is 11.8 Å². The van der Waals surface area contributed by atoms with Crippen LogP contribution in [0.3, 0.4) is 0 Å². The summed E-state index contributed by atoms with van der Waals surface area (Å²) in [6, 6.07) is 11.2. The summed E-state index contributed by atoms with van der Waals surface area (Å²) in [5.41, 5.74) is 1.09. The predicted octanol–water partition coefficient (Wildman–Crippen LogP) is 4.81. The predicted molar refractivity (Wildman–Crippen MR) is 115 cm³/mol. The molecule has 0 bridgehead atoms. The molecule has 0 spiro atoms. The maximum Gasteiger partial charge on any atom is 0.233 e. The third kappa shape index (κ3) is 4.23. The van der Waals surface area contributed by atoms with Gasteiger partial charge in [0, 0.05) is 23.7 Å². The van der Waals surface area contributed by atoms with Gasteiger partial charge in [-0.3, -0.25) is 9.36 Å². The lowest BCUT2D eigenvalue weighted by molar-refractivity contribution is -0.132. The van der Waals surface area contributed by atoms with Crippen LogP contribution in [0.4, 0.5) is 0 Å². The number of rotatable bonds is 7. The molecule has 3 fully saturated rings. The highest BCUT2D eigenvalue weighted by atomic mass is 32.2. The van der Waals surface area contributed by atoms with Crippen molar-refractivity contribution in [3.63, 3.8) is 0 Å². The Bertz CT molecular complexity index is 851. The fraction of sp³-hybridized carbons (Fsp3) is 0.609. The number of carbonyl (C=O) groups is 1. The molecule has 0 saturated heterocycles. The van der Waals surface area contributed by atoms with Crippen molar-refractivity contribution in [1.82, 2.24) is 19.7 Å². The fourth-order valence-corrected chi connectivity index (χ4v) is 5.41. The van der Waals surface area contributed by atoms with Crippen molar-refractivity contribution in [2.45, 2.75) is 81.4 Å². The second-order valence-corrected chi connectivity index (χ2v) is 9.96. The summed E-state index contributed by atoms with van der Waals surface area (Å²) in [7, 11) is 0. The summed E-state index contributed by atoms with van der Waals surface area (Å²) in [6.07, 6.45) is 9.56. The number of carbonyl (C=O) groups excluding carboxylic acids is 1. The zero-order valence-corrected chi connectivity index (χ0v) is 18.0.